The minimum atomic E-state index is -2.49. The molecule has 0 aliphatic carbocycles. The number of hydrogen-bond acceptors (Lipinski definition) is 13. The number of aliphatic hydroxyl groups excluding tert-OH is 1. The van der Waals surface area contributed by atoms with Gasteiger partial charge in [-0.25, -0.2) is 9.69 Å². The van der Waals surface area contributed by atoms with E-state index in [-0.39, 0.29) is 37.9 Å². The average molecular weight is 1160 g/mol. The predicted molar refractivity (Wildman–Crippen MR) is 323 cm³/mol. The fourth-order valence-corrected chi connectivity index (χ4v) is 13.0. The van der Waals surface area contributed by atoms with Gasteiger partial charge >= 0.3 is 6.09 Å². The van der Waals surface area contributed by atoms with E-state index in [1.165, 1.54) is 4.90 Å². The molecule has 2 fully saturated rings. The van der Waals surface area contributed by atoms with E-state index in [1.807, 2.05) is 160 Å². The Morgan fingerprint density at radius 2 is 1.18 bits per heavy atom. The molecule has 450 valence electrons. The minimum absolute atomic E-state index is 0.0138. The number of benzene rings is 5. The molecule has 83 heavy (non-hydrogen) atoms. The third kappa shape index (κ3) is 15.6. The van der Waals surface area contributed by atoms with Crippen LogP contribution >= 0.6 is 0 Å². The van der Waals surface area contributed by atoms with Crippen LogP contribution in [-0.4, -0.2) is 111 Å². The molecule has 0 spiro atoms. The first-order valence-corrected chi connectivity index (χ1v) is 32.3. The van der Waals surface area contributed by atoms with Crippen molar-refractivity contribution in [2.45, 2.75) is 181 Å². The normalized spacial score (nSPS) is 22.2. The Labute approximate surface area is 494 Å². The summed E-state index contributed by atoms with van der Waals surface area (Å²) in [4.78, 5) is 46.0. The van der Waals surface area contributed by atoms with Gasteiger partial charge in [0.15, 0.2) is 26.0 Å². The van der Waals surface area contributed by atoms with Crippen molar-refractivity contribution in [2.24, 2.45) is 23.7 Å². The summed E-state index contributed by atoms with van der Waals surface area (Å²) >= 11 is 0. The first kappa shape index (κ1) is 64.8. The van der Waals surface area contributed by atoms with Crippen LogP contribution in [0.25, 0.3) is 0 Å². The molecule has 2 aliphatic rings. The summed E-state index contributed by atoms with van der Waals surface area (Å²) in [7, 11) is 0.740. The molecular formula is C68H91NO13Si. The van der Waals surface area contributed by atoms with Crippen LogP contribution in [0.5, 0.6) is 11.5 Å². The number of hydrogen-bond donors (Lipinski definition) is 1. The molecule has 14 nitrogen and oxygen atoms in total. The number of Topliss-reactive ketones (excluding diaryl/α,β-unsaturated/α-hetero) is 1. The van der Waals surface area contributed by atoms with Gasteiger partial charge in [-0.3, -0.25) is 9.59 Å². The van der Waals surface area contributed by atoms with Gasteiger partial charge in [0.05, 0.1) is 70.4 Å². The van der Waals surface area contributed by atoms with Gasteiger partial charge in [-0.05, 0) is 96.9 Å². The number of aliphatic hydroxyl groups is 1. The lowest BCUT2D eigenvalue weighted by Gasteiger charge is -2.51. The molecule has 13 atom stereocenters. The lowest BCUT2D eigenvalue weighted by molar-refractivity contribution is -0.306. The zero-order chi connectivity index (χ0) is 60.3. The molecule has 2 amide bonds. The van der Waals surface area contributed by atoms with Crippen LogP contribution in [-0.2, 0) is 75.1 Å². The van der Waals surface area contributed by atoms with Gasteiger partial charge in [0, 0.05) is 24.2 Å². The van der Waals surface area contributed by atoms with Crippen LogP contribution in [0, 0.1) is 23.7 Å². The van der Waals surface area contributed by atoms with Gasteiger partial charge < -0.3 is 47.4 Å². The molecule has 0 bridgehead atoms. The Morgan fingerprint density at radius 1 is 0.687 bits per heavy atom. The number of ether oxygens (including phenoxy) is 8. The van der Waals surface area contributed by atoms with Crippen LogP contribution in [0.15, 0.2) is 140 Å². The number of nitrogens with zero attached hydrogens (tertiary/aromatic N) is 1. The van der Waals surface area contributed by atoms with Crippen LogP contribution in [0.4, 0.5) is 4.79 Å². The largest absolute Gasteiger partial charge is 0.497 e. The molecule has 2 heterocycles. The van der Waals surface area contributed by atoms with Gasteiger partial charge in [0.25, 0.3) is 0 Å². The summed E-state index contributed by atoms with van der Waals surface area (Å²) in [5, 5.41) is 13.1. The highest BCUT2D eigenvalue weighted by Gasteiger charge is 2.58. The standard InChI is InChI=1S/C68H91NO13Si/c1-15-57(82-83(13,14)66(6,7)8)67(9,78-42-51-27-21-17-22-28-51)62(76-41-53-33-37-56(75-12)38-34-53)46(3)59(70)45(2)61(71)68(10,79-43-52-29-23-18-24-30-52)63-47(4)60(80-58(81-63)40-50-31-35-55(74-11)36-32-50)48(5)64(72)69-54(44-77-65(69)73)39-49-25-19-16-20-26-49/h16-38,45-48,54,57-60,62-63,70H,15,39-44H2,1-14H3/t45-,46-,47-,48+,54+,57+,58+,59-,60-,62+,63+,67+,68+/m0/s1. The summed E-state index contributed by atoms with van der Waals surface area (Å²) in [6.07, 6.45) is -5.19. The molecule has 2 aliphatic heterocycles. The Kier molecular flexibility index (Phi) is 22.2. The first-order chi connectivity index (χ1) is 39.4. The van der Waals surface area contributed by atoms with Crippen molar-refractivity contribution < 1.29 is 61.8 Å². The molecular weight excluding hydrogens is 1070 g/mol. The molecule has 2 saturated heterocycles. The highest BCUT2D eigenvalue weighted by atomic mass is 28.4. The second-order valence-corrected chi connectivity index (χ2v) is 29.4. The van der Waals surface area contributed by atoms with Gasteiger partial charge in [-0.15, -0.1) is 0 Å². The molecule has 0 aromatic heterocycles. The number of methoxy groups -OCH3 is 2. The lowest BCUT2D eigenvalue weighted by atomic mass is 9.72. The highest BCUT2D eigenvalue weighted by molar-refractivity contribution is 6.74. The fourth-order valence-electron chi connectivity index (χ4n) is 11.6. The lowest BCUT2D eigenvalue weighted by Crippen LogP contribution is -2.64. The first-order valence-electron chi connectivity index (χ1n) is 29.4. The maximum absolute atomic E-state index is 16.2. The van der Waals surface area contributed by atoms with Crippen LogP contribution in [0.2, 0.25) is 18.1 Å². The van der Waals surface area contributed by atoms with Crippen LogP contribution < -0.4 is 9.47 Å². The van der Waals surface area contributed by atoms with Gasteiger partial charge in [-0.1, -0.05) is 171 Å². The maximum atomic E-state index is 16.2. The van der Waals surface area contributed by atoms with Crippen LogP contribution in [0.3, 0.4) is 0 Å². The molecule has 7 rings (SSSR count). The van der Waals surface area contributed by atoms with E-state index in [4.69, 9.17) is 42.3 Å². The number of imide groups is 1. The third-order valence-corrected chi connectivity index (χ3v) is 22.2. The van der Waals surface area contributed by atoms with Crippen molar-refractivity contribution in [2.75, 3.05) is 20.8 Å². The van der Waals surface area contributed by atoms with Crippen molar-refractivity contribution >= 4 is 26.1 Å². The van der Waals surface area contributed by atoms with E-state index < -0.39 is 104 Å². The molecule has 0 unspecified atom stereocenters. The summed E-state index contributed by atoms with van der Waals surface area (Å²) in [5.74, 6) is -3.02. The van der Waals surface area contributed by atoms with Crippen LogP contribution in [0.1, 0.15) is 103 Å². The van der Waals surface area contributed by atoms with Crippen molar-refractivity contribution in [3.63, 3.8) is 0 Å². The van der Waals surface area contributed by atoms with E-state index in [1.54, 1.807) is 35.0 Å². The van der Waals surface area contributed by atoms with Crippen molar-refractivity contribution in [1.82, 2.24) is 4.90 Å². The summed E-state index contributed by atoms with van der Waals surface area (Å²) < 4.78 is 59.3. The second kappa shape index (κ2) is 28.4. The Balaban J connectivity index is 1.29. The summed E-state index contributed by atoms with van der Waals surface area (Å²) in [6.45, 7) is 24.6. The van der Waals surface area contributed by atoms with E-state index in [2.05, 4.69) is 40.8 Å². The zero-order valence-electron chi connectivity index (χ0n) is 51.4. The molecule has 15 heteroatoms. The van der Waals surface area contributed by atoms with E-state index in [0.717, 1.165) is 27.8 Å². The average Bonchev–Trinajstić information content (AvgIpc) is 3.99. The summed E-state index contributed by atoms with van der Waals surface area (Å²) in [6, 6.07) is 43.8. The number of carbonyl (C=O) groups is 3. The smallest absolute Gasteiger partial charge is 0.416 e. The molecule has 0 saturated carbocycles. The molecule has 5 aromatic rings. The van der Waals surface area contributed by atoms with E-state index in [9.17, 15) is 14.7 Å². The van der Waals surface area contributed by atoms with Gasteiger partial charge in [0.1, 0.15) is 29.8 Å². The predicted octanol–water partition coefficient (Wildman–Crippen LogP) is 12.8. The van der Waals surface area contributed by atoms with Crippen molar-refractivity contribution in [3.8, 4) is 11.5 Å². The van der Waals surface area contributed by atoms with E-state index >= 15 is 4.79 Å². The topological polar surface area (TPSA) is 158 Å². The van der Waals surface area contributed by atoms with Gasteiger partial charge in [-0.2, -0.15) is 0 Å². The minimum Gasteiger partial charge on any atom is -0.497 e. The van der Waals surface area contributed by atoms with E-state index in [0.29, 0.717) is 24.3 Å². The number of cyclic esters (lactones) is 1. The molecule has 1 N–H and O–H groups in total. The fraction of sp³-hybridized carbons (Fsp3) is 0.515. The zero-order valence-corrected chi connectivity index (χ0v) is 52.4. The Morgan fingerprint density at radius 3 is 1.70 bits per heavy atom. The second-order valence-electron chi connectivity index (χ2n) is 24.6. The Bertz CT molecular complexity index is 2830. The molecule has 0 radical (unpaired) electrons. The number of amides is 2. The highest BCUT2D eigenvalue weighted by Crippen LogP contribution is 2.45. The molecule has 5 aromatic carbocycles. The quantitative estimate of drug-likeness (QED) is 0.0472. The van der Waals surface area contributed by atoms with Crippen molar-refractivity contribution in [3.05, 3.63) is 167 Å². The number of rotatable bonds is 28. The SMILES string of the molecule is CC[C@@H](O[Si](C)(C)C(C)(C)C)[C@@](C)(OCc1ccccc1)[C@H](OCc1ccc(OC)cc1)[C@@H](C)[C@@H](O)[C@H](C)C(=O)[C@@](C)(OCc1ccccc1)[C@@H]1O[C@H](Cc2ccc(OC)cc2)O[C@H]([C@@H](C)C(=O)N2C(=O)OC[C@H]2Cc2ccccc2)[C@@H]1C. The summed E-state index contributed by atoms with van der Waals surface area (Å²) in [5.41, 5.74) is 1.46. The maximum Gasteiger partial charge on any atom is 0.416 e. The monoisotopic (exact) mass is 1160 g/mol. The van der Waals surface area contributed by atoms with Gasteiger partial charge in [0.2, 0.25) is 5.91 Å². The van der Waals surface area contributed by atoms with Crippen molar-refractivity contribution in [1.29, 1.82) is 0 Å². The number of ketones is 1. The number of carbonyl (C=O) groups excluding carboxylic acids is 3. The third-order valence-electron chi connectivity index (χ3n) is 17.7. The Hall–Kier alpha value is -5.75.